The van der Waals surface area contributed by atoms with E-state index >= 15 is 0 Å². The molecule has 2 aromatic rings. The number of hydrogen-bond donors (Lipinski definition) is 2. The number of hydrogen-bond acceptors (Lipinski definition) is 4. The zero-order valence-corrected chi connectivity index (χ0v) is 12.0. The number of anilines is 3. The van der Waals surface area contributed by atoms with Crippen LogP contribution in [0, 0.1) is 0 Å². The zero-order valence-electron chi connectivity index (χ0n) is 11.3. The average molecular weight is 329 g/mol. The SMILES string of the molecule is FC(F)(F)c1ccc(Cl)c(Nc2ccnc(NC3CC3)n2)c1. The summed E-state index contributed by atoms with van der Waals surface area (Å²) >= 11 is 5.94. The summed E-state index contributed by atoms with van der Waals surface area (Å²) in [6, 6.07) is 5.05. The highest BCUT2D eigenvalue weighted by molar-refractivity contribution is 6.33. The van der Waals surface area contributed by atoms with Gasteiger partial charge >= 0.3 is 6.18 Å². The van der Waals surface area contributed by atoms with Gasteiger partial charge in [-0.15, -0.1) is 0 Å². The van der Waals surface area contributed by atoms with E-state index < -0.39 is 11.7 Å². The van der Waals surface area contributed by atoms with Crippen LogP contribution in [0.2, 0.25) is 5.02 Å². The molecule has 0 radical (unpaired) electrons. The van der Waals surface area contributed by atoms with Crippen molar-refractivity contribution in [2.75, 3.05) is 10.6 Å². The average Bonchev–Trinajstić information content (AvgIpc) is 3.24. The summed E-state index contributed by atoms with van der Waals surface area (Å²) in [5, 5.41) is 6.10. The van der Waals surface area contributed by atoms with Crippen LogP contribution in [0.15, 0.2) is 30.5 Å². The first-order valence-corrected chi connectivity index (χ1v) is 7.03. The Morgan fingerprint density at radius 3 is 2.64 bits per heavy atom. The third-order valence-corrected chi connectivity index (χ3v) is 3.45. The fraction of sp³-hybridized carbons (Fsp3) is 0.286. The van der Waals surface area contributed by atoms with Crippen LogP contribution in [0.3, 0.4) is 0 Å². The van der Waals surface area contributed by atoms with E-state index in [2.05, 4.69) is 20.6 Å². The van der Waals surface area contributed by atoms with Gasteiger partial charge in [-0.05, 0) is 37.1 Å². The lowest BCUT2D eigenvalue weighted by Gasteiger charge is -2.12. The minimum Gasteiger partial charge on any atom is -0.351 e. The molecule has 1 aliphatic rings. The third kappa shape index (κ3) is 3.59. The number of alkyl halides is 3. The molecule has 1 saturated carbocycles. The van der Waals surface area contributed by atoms with Gasteiger partial charge in [0.05, 0.1) is 16.3 Å². The molecule has 0 amide bonds. The lowest BCUT2D eigenvalue weighted by Crippen LogP contribution is -2.07. The molecule has 2 N–H and O–H groups in total. The normalized spacial score (nSPS) is 14.7. The Morgan fingerprint density at radius 1 is 1.18 bits per heavy atom. The second kappa shape index (κ2) is 5.64. The molecule has 1 heterocycles. The molecule has 1 aliphatic carbocycles. The molecule has 0 atom stereocenters. The van der Waals surface area contributed by atoms with Crippen LogP contribution in [-0.4, -0.2) is 16.0 Å². The summed E-state index contributed by atoms with van der Waals surface area (Å²) in [4.78, 5) is 8.27. The summed E-state index contributed by atoms with van der Waals surface area (Å²) in [6.07, 6.45) is -0.756. The Labute approximate surface area is 129 Å². The number of benzene rings is 1. The van der Waals surface area contributed by atoms with Crippen LogP contribution in [0.5, 0.6) is 0 Å². The minimum atomic E-state index is -4.43. The molecule has 0 spiro atoms. The van der Waals surface area contributed by atoms with Crippen molar-refractivity contribution in [3.05, 3.63) is 41.0 Å². The van der Waals surface area contributed by atoms with Crippen molar-refractivity contribution in [3.8, 4) is 0 Å². The Bertz CT molecular complexity index is 686. The maximum atomic E-state index is 12.7. The predicted octanol–water partition coefficient (Wildman–Crippen LogP) is 4.47. The summed E-state index contributed by atoms with van der Waals surface area (Å²) in [6.45, 7) is 0. The van der Waals surface area contributed by atoms with Gasteiger partial charge in [0.1, 0.15) is 5.82 Å². The van der Waals surface area contributed by atoms with Gasteiger partial charge in [-0.3, -0.25) is 0 Å². The maximum absolute atomic E-state index is 12.7. The van der Waals surface area contributed by atoms with Crippen LogP contribution in [0.25, 0.3) is 0 Å². The van der Waals surface area contributed by atoms with E-state index in [-0.39, 0.29) is 10.7 Å². The maximum Gasteiger partial charge on any atom is 0.416 e. The molecule has 1 aromatic heterocycles. The highest BCUT2D eigenvalue weighted by atomic mass is 35.5. The Morgan fingerprint density at radius 2 is 1.95 bits per heavy atom. The van der Waals surface area contributed by atoms with E-state index in [1.54, 1.807) is 6.07 Å². The molecular formula is C14H12ClF3N4. The lowest BCUT2D eigenvalue weighted by molar-refractivity contribution is -0.137. The first-order valence-electron chi connectivity index (χ1n) is 6.65. The van der Waals surface area contributed by atoms with Crippen LogP contribution in [0.1, 0.15) is 18.4 Å². The molecule has 4 nitrogen and oxygen atoms in total. The molecule has 1 fully saturated rings. The van der Waals surface area contributed by atoms with Gasteiger partial charge in [0, 0.05) is 12.2 Å². The van der Waals surface area contributed by atoms with E-state index in [1.165, 1.54) is 12.3 Å². The molecule has 22 heavy (non-hydrogen) atoms. The van der Waals surface area contributed by atoms with Crippen molar-refractivity contribution in [3.63, 3.8) is 0 Å². The van der Waals surface area contributed by atoms with Gasteiger partial charge in [0.2, 0.25) is 5.95 Å². The Balaban J connectivity index is 1.82. The highest BCUT2D eigenvalue weighted by Crippen LogP contribution is 2.34. The molecule has 116 valence electrons. The lowest BCUT2D eigenvalue weighted by atomic mass is 10.2. The molecular weight excluding hydrogens is 317 g/mol. The fourth-order valence-electron chi connectivity index (χ4n) is 1.84. The van der Waals surface area contributed by atoms with E-state index in [0.717, 1.165) is 25.0 Å². The summed E-state index contributed by atoms with van der Waals surface area (Å²) in [5.74, 6) is 0.815. The minimum absolute atomic E-state index is 0.146. The smallest absolute Gasteiger partial charge is 0.351 e. The van der Waals surface area contributed by atoms with Gasteiger partial charge in [-0.2, -0.15) is 18.2 Å². The number of rotatable bonds is 4. The van der Waals surface area contributed by atoms with Gasteiger partial charge in [0.25, 0.3) is 0 Å². The van der Waals surface area contributed by atoms with Crippen LogP contribution in [-0.2, 0) is 6.18 Å². The van der Waals surface area contributed by atoms with E-state index in [4.69, 9.17) is 11.6 Å². The second-order valence-corrected chi connectivity index (χ2v) is 5.41. The summed E-state index contributed by atoms with van der Waals surface area (Å²) < 4.78 is 38.2. The van der Waals surface area contributed by atoms with E-state index in [1.807, 2.05) is 0 Å². The first kappa shape index (κ1) is 14.9. The number of halogens is 4. The standard InChI is InChI=1S/C14H12ClF3N4/c15-10-4-1-8(14(16,17)18)7-11(10)21-12-5-6-19-13(22-12)20-9-2-3-9/h1,4-7,9H,2-3H2,(H2,19,20,21,22). The predicted molar refractivity (Wildman–Crippen MR) is 78.4 cm³/mol. The van der Waals surface area contributed by atoms with Crippen LogP contribution >= 0.6 is 11.6 Å². The van der Waals surface area contributed by atoms with Crippen LogP contribution < -0.4 is 10.6 Å². The van der Waals surface area contributed by atoms with Crippen molar-refractivity contribution >= 4 is 29.1 Å². The molecule has 8 heteroatoms. The molecule has 0 unspecified atom stereocenters. The van der Waals surface area contributed by atoms with Gasteiger partial charge in [0.15, 0.2) is 0 Å². The fourth-order valence-corrected chi connectivity index (χ4v) is 2.01. The molecule has 0 bridgehead atoms. The van der Waals surface area contributed by atoms with Crippen molar-refractivity contribution in [1.29, 1.82) is 0 Å². The molecule has 0 aliphatic heterocycles. The number of nitrogens with zero attached hydrogens (tertiary/aromatic N) is 2. The van der Waals surface area contributed by atoms with Gasteiger partial charge < -0.3 is 10.6 Å². The molecule has 3 rings (SSSR count). The first-order chi connectivity index (χ1) is 10.4. The van der Waals surface area contributed by atoms with E-state index in [0.29, 0.717) is 17.8 Å². The Hall–Kier alpha value is -2.02. The van der Waals surface area contributed by atoms with Crippen molar-refractivity contribution in [2.24, 2.45) is 0 Å². The van der Waals surface area contributed by atoms with Crippen molar-refractivity contribution in [2.45, 2.75) is 25.1 Å². The largest absolute Gasteiger partial charge is 0.416 e. The highest BCUT2D eigenvalue weighted by Gasteiger charge is 2.31. The third-order valence-electron chi connectivity index (χ3n) is 3.12. The quantitative estimate of drug-likeness (QED) is 0.869. The van der Waals surface area contributed by atoms with Gasteiger partial charge in [-0.25, -0.2) is 4.98 Å². The Kier molecular flexibility index (Phi) is 3.82. The van der Waals surface area contributed by atoms with Crippen LogP contribution in [0.4, 0.5) is 30.6 Å². The number of nitrogens with one attached hydrogen (secondary N) is 2. The number of aromatic nitrogens is 2. The second-order valence-electron chi connectivity index (χ2n) is 5.00. The van der Waals surface area contributed by atoms with Crippen molar-refractivity contribution in [1.82, 2.24) is 9.97 Å². The zero-order chi connectivity index (χ0) is 15.7. The molecule has 0 saturated heterocycles. The van der Waals surface area contributed by atoms with Crippen molar-refractivity contribution < 1.29 is 13.2 Å². The summed E-state index contributed by atoms with van der Waals surface area (Å²) in [7, 11) is 0. The van der Waals surface area contributed by atoms with E-state index in [9.17, 15) is 13.2 Å². The summed E-state index contributed by atoms with van der Waals surface area (Å²) in [5.41, 5.74) is -0.627. The monoisotopic (exact) mass is 328 g/mol. The van der Waals surface area contributed by atoms with Gasteiger partial charge in [-0.1, -0.05) is 11.6 Å². The topological polar surface area (TPSA) is 49.8 Å². The molecule has 1 aromatic carbocycles.